The van der Waals surface area contributed by atoms with Crippen LogP contribution in [-0.2, 0) is 6.42 Å². The van der Waals surface area contributed by atoms with E-state index in [1.807, 2.05) is 42.6 Å². The van der Waals surface area contributed by atoms with Crippen molar-refractivity contribution in [3.05, 3.63) is 64.0 Å². The first-order chi connectivity index (χ1) is 9.74. The summed E-state index contributed by atoms with van der Waals surface area (Å²) in [6.07, 6.45) is 1.30. The zero-order chi connectivity index (χ0) is 13.9. The fourth-order valence-corrected chi connectivity index (χ4v) is 3.02. The van der Waals surface area contributed by atoms with E-state index >= 15 is 0 Å². The van der Waals surface area contributed by atoms with Crippen molar-refractivity contribution >= 4 is 28.0 Å². The lowest BCUT2D eigenvalue weighted by atomic mass is 10.0. The number of pyridine rings is 1. The summed E-state index contributed by atoms with van der Waals surface area (Å²) in [6, 6.07) is 11.9. The van der Waals surface area contributed by atoms with Gasteiger partial charge in [-0.05, 0) is 53.4 Å². The van der Waals surface area contributed by atoms with Crippen LogP contribution in [0.3, 0.4) is 0 Å². The van der Waals surface area contributed by atoms with E-state index in [9.17, 15) is 4.79 Å². The number of thiophene rings is 1. The van der Waals surface area contributed by atoms with Gasteiger partial charge in [0, 0.05) is 11.8 Å². The van der Waals surface area contributed by atoms with E-state index < -0.39 is 0 Å². The number of Topliss-reactive ketones (excluding diaryl/α,β-unsaturated/α-hetero) is 1. The van der Waals surface area contributed by atoms with Gasteiger partial charge >= 0.3 is 0 Å². The van der Waals surface area contributed by atoms with Crippen molar-refractivity contribution in [2.24, 2.45) is 0 Å². The van der Waals surface area contributed by atoms with E-state index in [1.165, 1.54) is 5.56 Å². The maximum atomic E-state index is 12.3. The highest BCUT2D eigenvalue weighted by molar-refractivity contribution is 7.07. The number of carbonyl (C=O) groups is 1. The summed E-state index contributed by atoms with van der Waals surface area (Å²) in [5.41, 5.74) is 3.80. The number of aromatic nitrogens is 1. The van der Waals surface area contributed by atoms with Crippen molar-refractivity contribution in [2.75, 3.05) is 0 Å². The molecule has 0 amide bonds. The molecular weight excluding hydrogens is 266 g/mol. The highest BCUT2D eigenvalue weighted by atomic mass is 32.1. The first-order valence-corrected chi connectivity index (χ1v) is 7.59. The van der Waals surface area contributed by atoms with Crippen LogP contribution in [0, 0.1) is 6.92 Å². The summed E-state index contributed by atoms with van der Waals surface area (Å²) in [4.78, 5) is 16.8. The number of fused-ring (bicyclic) bond motifs is 1. The Morgan fingerprint density at radius 1 is 1.25 bits per heavy atom. The Morgan fingerprint density at radius 3 is 2.90 bits per heavy atom. The Labute approximate surface area is 122 Å². The summed E-state index contributed by atoms with van der Waals surface area (Å²) in [6.45, 7) is 2.03. The Hall–Kier alpha value is -2.00. The molecule has 0 spiro atoms. The molecule has 0 bridgehead atoms. The topological polar surface area (TPSA) is 30.0 Å². The Morgan fingerprint density at radius 2 is 2.10 bits per heavy atom. The van der Waals surface area contributed by atoms with Crippen molar-refractivity contribution in [1.82, 2.24) is 4.98 Å². The molecule has 2 aromatic heterocycles. The predicted molar refractivity (Wildman–Crippen MR) is 83.5 cm³/mol. The molecule has 3 heteroatoms. The number of aryl methyl sites for hydroxylation is 2. The van der Waals surface area contributed by atoms with Crippen LogP contribution in [0.25, 0.3) is 10.9 Å². The van der Waals surface area contributed by atoms with E-state index in [0.29, 0.717) is 12.1 Å². The number of ketones is 1. The molecule has 2 heterocycles. The second-order valence-corrected chi connectivity index (χ2v) is 5.68. The Kier molecular flexibility index (Phi) is 3.61. The third kappa shape index (κ3) is 2.63. The van der Waals surface area contributed by atoms with Gasteiger partial charge in [0.25, 0.3) is 0 Å². The molecule has 0 N–H and O–H groups in total. The summed E-state index contributed by atoms with van der Waals surface area (Å²) in [5, 5.41) is 5.24. The van der Waals surface area contributed by atoms with Gasteiger partial charge in [-0.2, -0.15) is 11.3 Å². The number of carbonyl (C=O) groups excluding carboxylic acids is 1. The molecule has 0 radical (unpaired) electrons. The second-order valence-electron chi connectivity index (χ2n) is 4.90. The van der Waals surface area contributed by atoms with Crippen LogP contribution in [0.5, 0.6) is 0 Å². The molecule has 1 aromatic carbocycles. The maximum Gasteiger partial charge on any atom is 0.181 e. The molecule has 3 aromatic rings. The van der Waals surface area contributed by atoms with Crippen molar-refractivity contribution < 1.29 is 4.79 Å². The van der Waals surface area contributed by atoms with Gasteiger partial charge in [0.1, 0.15) is 5.69 Å². The molecular formula is C17H15NOS. The molecule has 2 nitrogen and oxygen atoms in total. The van der Waals surface area contributed by atoms with Crippen LogP contribution >= 0.6 is 11.3 Å². The molecule has 20 heavy (non-hydrogen) atoms. The van der Waals surface area contributed by atoms with Crippen molar-refractivity contribution in [2.45, 2.75) is 19.8 Å². The molecule has 0 aliphatic carbocycles. The predicted octanol–water partition coefficient (Wildman–Crippen LogP) is 4.42. The molecule has 0 saturated heterocycles. The fraction of sp³-hybridized carbons (Fsp3) is 0.176. The molecule has 0 saturated carbocycles. The first kappa shape index (κ1) is 13.0. The van der Waals surface area contributed by atoms with Gasteiger partial charge in [0.15, 0.2) is 5.78 Å². The molecule has 3 rings (SSSR count). The summed E-state index contributed by atoms with van der Waals surface area (Å²) in [5.74, 6) is 0.116. The molecule has 0 aliphatic rings. The standard InChI is InChI=1S/C17H15NOS/c1-12-10-16(18-15-5-3-2-4-14(12)15)17(19)7-6-13-8-9-20-11-13/h2-5,8-11H,6-7H2,1H3. The third-order valence-corrected chi connectivity index (χ3v) is 4.16. The molecule has 0 atom stereocenters. The van der Waals surface area contributed by atoms with E-state index in [1.54, 1.807) is 11.3 Å². The number of para-hydroxylation sites is 1. The zero-order valence-electron chi connectivity index (χ0n) is 11.3. The maximum absolute atomic E-state index is 12.3. The lowest BCUT2D eigenvalue weighted by Gasteiger charge is -2.05. The van der Waals surface area contributed by atoms with Gasteiger partial charge in [-0.25, -0.2) is 4.98 Å². The van der Waals surface area contributed by atoms with Crippen LogP contribution in [0.2, 0.25) is 0 Å². The summed E-state index contributed by atoms with van der Waals surface area (Å²) < 4.78 is 0. The summed E-state index contributed by atoms with van der Waals surface area (Å²) >= 11 is 1.66. The SMILES string of the molecule is Cc1cc(C(=O)CCc2ccsc2)nc2ccccc12. The molecule has 100 valence electrons. The Balaban J connectivity index is 1.84. The van der Waals surface area contributed by atoms with Gasteiger partial charge in [0.05, 0.1) is 5.52 Å². The second kappa shape index (κ2) is 5.55. The average molecular weight is 281 g/mol. The lowest BCUT2D eigenvalue weighted by molar-refractivity contribution is 0.0978. The van der Waals surface area contributed by atoms with Crippen molar-refractivity contribution in [3.63, 3.8) is 0 Å². The largest absolute Gasteiger partial charge is 0.292 e. The van der Waals surface area contributed by atoms with E-state index in [4.69, 9.17) is 0 Å². The lowest BCUT2D eigenvalue weighted by Crippen LogP contribution is -2.04. The smallest absolute Gasteiger partial charge is 0.181 e. The number of hydrogen-bond acceptors (Lipinski definition) is 3. The van der Waals surface area contributed by atoms with Gasteiger partial charge in [-0.15, -0.1) is 0 Å². The third-order valence-electron chi connectivity index (χ3n) is 3.43. The number of hydrogen-bond donors (Lipinski definition) is 0. The average Bonchev–Trinajstić information content (AvgIpc) is 2.98. The highest BCUT2D eigenvalue weighted by Gasteiger charge is 2.10. The van der Waals surface area contributed by atoms with E-state index in [-0.39, 0.29) is 5.78 Å². The van der Waals surface area contributed by atoms with Crippen molar-refractivity contribution in [1.29, 1.82) is 0 Å². The van der Waals surface area contributed by atoms with Gasteiger partial charge < -0.3 is 0 Å². The van der Waals surface area contributed by atoms with E-state index in [2.05, 4.69) is 16.4 Å². The van der Waals surface area contributed by atoms with Gasteiger partial charge in [0.2, 0.25) is 0 Å². The van der Waals surface area contributed by atoms with Crippen LogP contribution < -0.4 is 0 Å². The van der Waals surface area contributed by atoms with E-state index in [0.717, 1.165) is 22.9 Å². The normalized spacial score (nSPS) is 10.8. The number of nitrogens with zero attached hydrogens (tertiary/aromatic N) is 1. The van der Waals surface area contributed by atoms with Crippen LogP contribution in [0.15, 0.2) is 47.2 Å². The first-order valence-electron chi connectivity index (χ1n) is 6.65. The Bertz CT molecular complexity index is 747. The zero-order valence-corrected chi connectivity index (χ0v) is 12.1. The number of benzene rings is 1. The van der Waals surface area contributed by atoms with Crippen LogP contribution in [0.4, 0.5) is 0 Å². The van der Waals surface area contributed by atoms with Crippen LogP contribution in [-0.4, -0.2) is 10.8 Å². The minimum absolute atomic E-state index is 0.116. The fourth-order valence-electron chi connectivity index (χ4n) is 2.31. The summed E-state index contributed by atoms with van der Waals surface area (Å²) in [7, 11) is 0. The molecule has 0 unspecified atom stereocenters. The number of rotatable bonds is 4. The monoisotopic (exact) mass is 281 g/mol. The quantitative estimate of drug-likeness (QED) is 0.663. The van der Waals surface area contributed by atoms with Gasteiger partial charge in [-0.3, -0.25) is 4.79 Å². The minimum Gasteiger partial charge on any atom is -0.292 e. The molecule has 0 fully saturated rings. The molecule has 0 aliphatic heterocycles. The van der Waals surface area contributed by atoms with Gasteiger partial charge in [-0.1, -0.05) is 18.2 Å². The highest BCUT2D eigenvalue weighted by Crippen LogP contribution is 2.18. The minimum atomic E-state index is 0.116. The van der Waals surface area contributed by atoms with Crippen LogP contribution in [0.1, 0.15) is 28.0 Å². The van der Waals surface area contributed by atoms with Crippen molar-refractivity contribution in [3.8, 4) is 0 Å².